The molecular formula is C17H26N4O4. The van der Waals surface area contributed by atoms with Crippen LogP contribution in [0, 0.1) is 0 Å². The van der Waals surface area contributed by atoms with Gasteiger partial charge in [-0.05, 0) is 24.9 Å². The van der Waals surface area contributed by atoms with Crippen molar-refractivity contribution in [3.05, 3.63) is 35.9 Å². The number of carbonyl (C=O) groups is 3. The minimum Gasteiger partial charge on any atom is -0.480 e. The van der Waals surface area contributed by atoms with Crippen molar-refractivity contribution in [2.75, 3.05) is 13.1 Å². The number of carboxylic acid groups (broad SMARTS) is 1. The third-order valence-corrected chi connectivity index (χ3v) is 3.64. The zero-order valence-corrected chi connectivity index (χ0v) is 14.1. The fourth-order valence-electron chi connectivity index (χ4n) is 2.26. The molecule has 0 spiro atoms. The molecule has 7 N–H and O–H groups in total. The molecule has 0 aliphatic carbocycles. The van der Waals surface area contributed by atoms with Crippen LogP contribution in [0.2, 0.25) is 0 Å². The Bertz CT molecular complexity index is 565. The number of nitrogens with two attached hydrogens (primary N) is 2. The van der Waals surface area contributed by atoms with Crippen LogP contribution in [0.4, 0.5) is 0 Å². The number of amides is 2. The summed E-state index contributed by atoms with van der Waals surface area (Å²) in [6.07, 6.45) is 2.21. The summed E-state index contributed by atoms with van der Waals surface area (Å²) < 4.78 is 0. The maximum Gasteiger partial charge on any atom is 0.322 e. The highest BCUT2D eigenvalue weighted by atomic mass is 16.4. The smallest absolute Gasteiger partial charge is 0.322 e. The predicted molar refractivity (Wildman–Crippen MR) is 93.6 cm³/mol. The zero-order chi connectivity index (χ0) is 18.7. The van der Waals surface area contributed by atoms with Gasteiger partial charge in [0.1, 0.15) is 12.6 Å². The molecule has 0 saturated heterocycles. The van der Waals surface area contributed by atoms with Gasteiger partial charge in [0.2, 0.25) is 11.8 Å². The van der Waals surface area contributed by atoms with Gasteiger partial charge in [0.25, 0.3) is 0 Å². The van der Waals surface area contributed by atoms with Crippen molar-refractivity contribution in [3.63, 3.8) is 0 Å². The second-order valence-corrected chi connectivity index (χ2v) is 5.75. The van der Waals surface area contributed by atoms with Crippen LogP contribution in [0.25, 0.3) is 0 Å². The summed E-state index contributed by atoms with van der Waals surface area (Å²) in [5.74, 6) is -2.16. The SMILES string of the molecule is NCCCC[C@H](N)C(=O)N[C@@H](Cc1ccccc1)C(=O)NCC(=O)O. The van der Waals surface area contributed by atoms with Crippen molar-refractivity contribution >= 4 is 17.8 Å². The van der Waals surface area contributed by atoms with Gasteiger partial charge < -0.3 is 27.2 Å². The molecule has 0 unspecified atom stereocenters. The molecule has 0 bridgehead atoms. The Kier molecular flexibility index (Phi) is 9.20. The first-order valence-corrected chi connectivity index (χ1v) is 8.23. The third kappa shape index (κ3) is 8.27. The quantitative estimate of drug-likeness (QED) is 0.336. The molecule has 0 fully saturated rings. The molecule has 1 aromatic carbocycles. The fraction of sp³-hybridized carbons (Fsp3) is 0.471. The van der Waals surface area contributed by atoms with E-state index in [9.17, 15) is 14.4 Å². The van der Waals surface area contributed by atoms with Crippen LogP contribution in [0.5, 0.6) is 0 Å². The highest BCUT2D eigenvalue weighted by Gasteiger charge is 2.24. The molecule has 8 heteroatoms. The molecule has 8 nitrogen and oxygen atoms in total. The Balaban J connectivity index is 2.70. The number of aliphatic carboxylic acids is 1. The standard InChI is InChI=1S/C17H26N4O4/c18-9-5-4-8-13(19)16(24)21-14(17(25)20-11-15(22)23)10-12-6-2-1-3-7-12/h1-3,6-7,13-14H,4-5,8-11,18-19H2,(H,20,25)(H,21,24)(H,22,23)/t13-,14-/m0/s1. The summed E-state index contributed by atoms with van der Waals surface area (Å²) in [5.41, 5.74) is 12.1. The van der Waals surface area contributed by atoms with E-state index in [0.717, 1.165) is 18.4 Å². The maximum atomic E-state index is 12.2. The molecule has 0 heterocycles. The average Bonchev–Trinajstić information content (AvgIpc) is 2.60. The van der Waals surface area contributed by atoms with E-state index in [2.05, 4.69) is 10.6 Å². The van der Waals surface area contributed by atoms with E-state index in [-0.39, 0.29) is 6.42 Å². The van der Waals surface area contributed by atoms with Crippen LogP contribution in [-0.2, 0) is 20.8 Å². The Morgan fingerprint density at radius 1 is 1.08 bits per heavy atom. The maximum absolute atomic E-state index is 12.2. The molecule has 0 saturated carbocycles. The first kappa shape index (κ1) is 20.6. The molecule has 138 valence electrons. The number of hydrogen-bond acceptors (Lipinski definition) is 5. The minimum atomic E-state index is -1.16. The van der Waals surface area contributed by atoms with E-state index >= 15 is 0 Å². The number of hydrogen-bond donors (Lipinski definition) is 5. The molecule has 0 radical (unpaired) electrons. The Morgan fingerprint density at radius 2 is 1.76 bits per heavy atom. The molecule has 2 atom stereocenters. The number of unbranched alkanes of at least 4 members (excludes halogenated alkanes) is 1. The Morgan fingerprint density at radius 3 is 2.36 bits per heavy atom. The van der Waals surface area contributed by atoms with Gasteiger partial charge in [-0.25, -0.2) is 0 Å². The molecule has 1 aromatic rings. The molecule has 1 rings (SSSR count). The number of carbonyl (C=O) groups excluding carboxylic acids is 2. The van der Waals surface area contributed by atoms with Crippen molar-refractivity contribution in [1.29, 1.82) is 0 Å². The van der Waals surface area contributed by atoms with Crippen LogP contribution in [0.15, 0.2) is 30.3 Å². The van der Waals surface area contributed by atoms with E-state index in [1.807, 2.05) is 30.3 Å². The lowest BCUT2D eigenvalue weighted by Crippen LogP contribution is -2.53. The largest absolute Gasteiger partial charge is 0.480 e. The number of rotatable bonds is 11. The monoisotopic (exact) mass is 350 g/mol. The van der Waals surface area contributed by atoms with Crippen LogP contribution in [0.1, 0.15) is 24.8 Å². The minimum absolute atomic E-state index is 0.244. The first-order valence-electron chi connectivity index (χ1n) is 8.23. The number of benzene rings is 1. The second kappa shape index (κ2) is 11.2. The number of carboxylic acids is 1. The summed E-state index contributed by atoms with van der Waals surface area (Å²) in [7, 11) is 0. The molecule has 25 heavy (non-hydrogen) atoms. The van der Waals surface area contributed by atoms with Gasteiger partial charge in [0.15, 0.2) is 0 Å². The Hall–Kier alpha value is -2.45. The zero-order valence-electron chi connectivity index (χ0n) is 14.1. The van der Waals surface area contributed by atoms with Crippen molar-refractivity contribution in [1.82, 2.24) is 10.6 Å². The van der Waals surface area contributed by atoms with E-state index < -0.39 is 36.4 Å². The molecular weight excluding hydrogens is 324 g/mol. The van der Waals surface area contributed by atoms with Crippen molar-refractivity contribution in [2.24, 2.45) is 11.5 Å². The summed E-state index contributed by atoms with van der Waals surface area (Å²) in [6.45, 7) is 0.0190. The molecule has 2 amide bonds. The van der Waals surface area contributed by atoms with Gasteiger partial charge >= 0.3 is 5.97 Å². The van der Waals surface area contributed by atoms with E-state index in [1.54, 1.807) is 0 Å². The van der Waals surface area contributed by atoms with Crippen molar-refractivity contribution < 1.29 is 19.5 Å². The summed E-state index contributed by atoms with van der Waals surface area (Å²) in [4.78, 5) is 35.1. The van der Waals surface area contributed by atoms with Gasteiger partial charge in [0, 0.05) is 6.42 Å². The van der Waals surface area contributed by atoms with Crippen LogP contribution in [-0.4, -0.2) is 48.1 Å². The summed E-state index contributed by atoms with van der Waals surface area (Å²) >= 11 is 0. The molecule has 0 aliphatic rings. The molecule has 0 aliphatic heterocycles. The predicted octanol–water partition coefficient (Wildman–Crippen LogP) is -0.629. The topological polar surface area (TPSA) is 148 Å². The molecule has 0 aromatic heterocycles. The third-order valence-electron chi connectivity index (χ3n) is 3.64. The van der Waals surface area contributed by atoms with E-state index in [1.165, 1.54) is 0 Å². The van der Waals surface area contributed by atoms with Crippen LogP contribution < -0.4 is 22.1 Å². The first-order chi connectivity index (χ1) is 11.9. The Labute approximate surface area is 147 Å². The second-order valence-electron chi connectivity index (χ2n) is 5.75. The van der Waals surface area contributed by atoms with Crippen LogP contribution in [0.3, 0.4) is 0 Å². The van der Waals surface area contributed by atoms with E-state index in [4.69, 9.17) is 16.6 Å². The normalized spacial score (nSPS) is 12.9. The highest BCUT2D eigenvalue weighted by molar-refractivity contribution is 5.91. The van der Waals surface area contributed by atoms with E-state index in [0.29, 0.717) is 13.0 Å². The van der Waals surface area contributed by atoms with Gasteiger partial charge in [-0.1, -0.05) is 36.8 Å². The fourth-order valence-corrected chi connectivity index (χ4v) is 2.26. The highest BCUT2D eigenvalue weighted by Crippen LogP contribution is 2.05. The van der Waals surface area contributed by atoms with Crippen LogP contribution >= 0.6 is 0 Å². The van der Waals surface area contributed by atoms with Crippen molar-refractivity contribution in [3.8, 4) is 0 Å². The lowest BCUT2D eigenvalue weighted by molar-refractivity contribution is -0.138. The van der Waals surface area contributed by atoms with Gasteiger partial charge in [-0.2, -0.15) is 0 Å². The summed E-state index contributed by atoms with van der Waals surface area (Å²) in [6, 6.07) is 7.50. The van der Waals surface area contributed by atoms with Gasteiger partial charge in [-0.15, -0.1) is 0 Å². The van der Waals surface area contributed by atoms with Gasteiger partial charge in [0.05, 0.1) is 6.04 Å². The summed E-state index contributed by atoms with van der Waals surface area (Å²) in [5, 5.41) is 13.6. The van der Waals surface area contributed by atoms with Crippen molar-refractivity contribution in [2.45, 2.75) is 37.8 Å². The lowest BCUT2D eigenvalue weighted by Gasteiger charge is -2.20. The number of nitrogens with one attached hydrogen (secondary N) is 2. The van der Waals surface area contributed by atoms with Gasteiger partial charge in [-0.3, -0.25) is 14.4 Å². The lowest BCUT2D eigenvalue weighted by atomic mass is 10.0. The average molecular weight is 350 g/mol.